The molecule has 1 nitrogen and oxygen atoms in total. The van der Waals surface area contributed by atoms with Gasteiger partial charge in [-0.2, -0.15) is 0 Å². The van der Waals surface area contributed by atoms with Crippen LogP contribution < -0.4 is 0 Å². The minimum atomic E-state index is 0.364. The number of hydrogen-bond acceptors (Lipinski definition) is 1. The van der Waals surface area contributed by atoms with Gasteiger partial charge in [0.2, 0.25) is 0 Å². The summed E-state index contributed by atoms with van der Waals surface area (Å²) in [5, 5.41) is 0. The maximum Gasteiger partial charge on any atom is 0.0607 e. The van der Waals surface area contributed by atoms with Crippen molar-refractivity contribution >= 4 is 0 Å². The van der Waals surface area contributed by atoms with Crippen LogP contribution in [-0.2, 0) is 0 Å². The molecule has 1 heteroatoms. The summed E-state index contributed by atoms with van der Waals surface area (Å²) in [6.07, 6.45) is 4.00. The van der Waals surface area contributed by atoms with Crippen molar-refractivity contribution in [2.45, 2.75) is 25.3 Å². The zero-order chi connectivity index (χ0) is 12.9. The molecular weight excluding hydrogens is 230 g/mol. The number of likely N-dealkylation sites (tertiary alicyclic amines) is 1. The van der Waals surface area contributed by atoms with Gasteiger partial charge in [-0.05, 0) is 43.1 Å². The third-order valence-corrected chi connectivity index (χ3v) is 3.90. The number of benzene rings is 2. The predicted octanol–water partition coefficient (Wildman–Crippen LogP) is 4.06. The van der Waals surface area contributed by atoms with Crippen molar-refractivity contribution in [3.05, 3.63) is 71.8 Å². The van der Waals surface area contributed by atoms with Gasteiger partial charge < -0.3 is 0 Å². The molecule has 3 rings (SSSR count). The summed E-state index contributed by atoms with van der Waals surface area (Å²) in [6, 6.07) is 23.0. The van der Waals surface area contributed by atoms with Crippen molar-refractivity contribution < 1.29 is 0 Å². The van der Waals surface area contributed by atoms with Gasteiger partial charge in [0.1, 0.15) is 0 Å². The van der Waals surface area contributed by atoms with Gasteiger partial charge in [-0.1, -0.05) is 61.0 Å². The summed E-state index contributed by atoms with van der Waals surface area (Å²) in [5.74, 6) is 0. The molecule has 1 aliphatic heterocycles. The fourth-order valence-corrected chi connectivity index (χ4v) is 2.98. The fraction of sp³-hybridized carbons (Fsp3) is 0.333. The van der Waals surface area contributed by atoms with Crippen LogP contribution in [0.2, 0.25) is 0 Å². The van der Waals surface area contributed by atoms with Crippen LogP contribution in [0.3, 0.4) is 0 Å². The molecule has 1 fully saturated rings. The molecule has 1 unspecified atom stereocenters. The quantitative estimate of drug-likeness (QED) is 0.794. The lowest BCUT2D eigenvalue weighted by Gasteiger charge is -2.35. The molecule has 19 heavy (non-hydrogen) atoms. The van der Waals surface area contributed by atoms with Gasteiger partial charge in [-0.25, -0.2) is 0 Å². The Hall–Kier alpha value is -1.60. The van der Waals surface area contributed by atoms with E-state index in [2.05, 4.69) is 53.4 Å². The number of hydrogen-bond donors (Lipinski definition) is 0. The summed E-state index contributed by atoms with van der Waals surface area (Å²) in [7, 11) is 0. The molecule has 2 aromatic rings. The monoisotopic (exact) mass is 250 g/mol. The van der Waals surface area contributed by atoms with Crippen molar-refractivity contribution in [3.8, 4) is 0 Å². The number of piperidine rings is 1. The van der Waals surface area contributed by atoms with Crippen LogP contribution >= 0.6 is 0 Å². The van der Waals surface area contributed by atoms with Gasteiger partial charge in [0, 0.05) is 0 Å². The first-order chi connectivity index (χ1) is 9.45. The van der Waals surface area contributed by atoms with Gasteiger partial charge in [-0.15, -0.1) is 0 Å². The highest BCUT2D eigenvalue weighted by Crippen LogP contribution is 2.30. The fourth-order valence-electron chi connectivity index (χ4n) is 2.98. The van der Waals surface area contributed by atoms with Gasteiger partial charge in [0.05, 0.1) is 6.04 Å². The first-order valence-electron chi connectivity index (χ1n) is 7.21. The molecule has 0 amide bonds. The largest absolute Gasteiger partial charge is 0.292 e. The van der Waals surface area contributed by atoms with E-state index in [9.17, 15) is 0 Å². The first kappa shape index (κ1) is 12.4. The van der Waals surface area contributed by atoms with Crippen LogP contribution in [0.25, 0.3) is 0 Å². The van der Waals surface area contributed by atoms with Crippen LogP contribution in [0, 0.1) is 6.07 Å². The second kappa shape index (κ2) is 6.03. The van der Waals surface area contributed by atoms with Gasteiger partial charge in [0.15, 0.2) is 0 Å². The maximum absolute atomic E-state index is 3.42. The highest BCUT2D eigenvalue weighted by molar-refractivity contribution is 5.31. The van der Waals surface area contributed by atoms with Crippen molar-refractivity contribution in [2.24, 2.45) is 0 Å². The molecule has 0 spiro atoms. The maximum atomic E-state index is 3.42. The molecule has 0 aliphatic carbocycles. The summed E-state index contributed by atoms with van der Waals surface area (Å²) in [4.78, 5) is 2.60. The summed E-state index contributed by atoms with van der Waals surface area (Å²) >= 11 is 0. The zero-order valence-electron chi connectivity index (χ0n) is 11.3. The molecule has 97 valence electrons. The molecule has 0 aromatic heterocycles. The van der Waals surface area contributed by atoms with Crippen molar-refractivity contribution in [3.63, 3.8) is 0 Å². The van der Waals surface area contributed by atoms with E-state index in [-0.39, 0.29) is 0 Å². The molecule has 1 radical (unpaired) electrons. The Kier molecular flexibility index (Phi) is 3.95. The highest BCUT2D eigenvalue weighted by Gasteiger charge is 2.23. The lowest BCUT2D eigenvalue weighted by Crippen LogP contribution is -2.34. The van der Waals surface area contributed by atoms with E-state index in [0.717, 1.165) is 0 Å². The molecule has 0 N–H and O–H groups in total. The Labute approximate surface area is 115 Å². The van der Waals surface area contributed by atoms with Crippen LogP contribution in [0.4, 0.5) is 0 Å². The van der Waals surface area contributed by atoms with Crippen molar-refractivity contribution in [1.29, 1.82) is 0 Å². The summed E-state index contributed by atoms with van der Waals surface area (Å²) in [5.41, 5.74) is 2.67. The Morgan fingerprint density at radius 1 is 0.842 bits per heavy atom. The van der Waals surface area contributed by atoms with E-state index in [0.29, 0.717) is 6.04 Å². The smallest absolute Gasteiger partial charge is 0.0607 e. The molecule has 0 saturated carbocycles. The molecule has 1 atom stereocenters. The second-order valence-corrected chi connectivity index (χ2v) is 5.23. The zero-order valence-corrected chi connectivity index (χ0v) is 11.3. The lowest BCUT2D eigenvalue weighted by molar-refractivity contribution is 0.187. The first-order valence-corrected chi connectivity index (χ1v) is 7.21. The standard InChI is InChI=1S/C18H20N/c1-4-10-16(11-5-1)18(17-12-6-2-7-13-17)19-14-8-3-9-15-19/h1-2,4-7,10-12,18H,3,8-9,14-15H2. The SMILES string of the molecule is [c]1ccccc1C(c1ccccc1)N1CCCCC1. The summed E-state index contributed by atoms with van der Waals surface area (Å²) in [6.45, 7) is 2.39. The Balaban J connectivity index is 1.96. The summed E-state index contributed by atoms with van der Waals surface area (Å²) < 4.78 is 0. The second-order valence-electron chi connectivity index (χ2n) is 5.23. The Morgan fingerprint density at radius 3 is 2.26 bits per heavy atom. The predicted molar refractivity (Wildman–Crippen MR) is 79.0 cm³/mol. The molecule has 1 aliphatic rings. The van der Waals surface area contributed by atoms with E-state index in [1.165, 1.54) is 43.5 Å². The molecule has 1 heterocycles. The van der Waals surface area contributed by atoms with E-state index in [1.807, 2.05) is 12.1 Å². The van der Waals surface area contributed by atoms with E-state index >= 15 is 0 Å². The van der Waals surface area contributed by atoms with Crippen LogP contribution in [0.1, 0.15) is 36.4 Å². The Bertz CT molecular complexity index is 446. The van der Waals surface area contributed by atoms with Gasteiger partial charge in [-0.3, -0.25) is 4.90 Å². The van der Waals surface area contributed by atoms with Gasteiger partial charge >= 0.3 is 0 Å². The third kappa shape index (κ3) is 2.87. The molecule has 0 bridgehead atoms. The Morgan fingerprint density at radius 2 is 1.58 bits per heavy atom. The van der Waals surface area contributed by atoms with Gasteiger partial charge in [0.25, 0.3) is 0 Å². The average Bonchev–Trinajstić information content (AvgIpc) is 2.51. The van der Waals surface area contributed by atoms with Crippen molar-refractivity contribution in [2.75, 3.05) is 13.1 Å². The van der Waals surface area contributed by atoms with E-state index < -0.39 is 0 Å². The molecule has 2 aromatic carbocycles. The van der Waals surface area contributed by atoms with Crippen LogP contribution in [-0.4, -0.2) is 18.0 Å². The van der Waals surface area contributed by atoms with Crippen LogP contribution in [0.5, 0.6) is 0 Å². The number of nitrogens with zero attached hydrogens (tertiary/aromatic N) is 1. The average molecular weight is 250 g/mol. The minimum absolute atomic E-state index is 0.364. The lowest BCUT2D eigenvalue weighted by atomic mass is 9.95. The number of rotatable bonds is 3. The molecular formula is C18H20N. The minimum Gasteiger partial charge on any atom is -0.292 e. The topological polar surface area (TPSA) is 3.24 Å². The molecule has 1 saturated heterocycles. The third-order valence-electron chi connectivity index (χ3n) is 3.90. The van der Waals surface area contributed by atoms with E-state index in [4.69, 9.17) is 0 Å². The normalized spacial score (nSPS) is 16.7. The van der Waals surface area contributed by atoms with Crippen LogP contribution in [0.15, 0.2) is 54.6 Å². The van der Waals surface area contributed by atoms with E-state index in [1.54, 1.807) is 0 Å². The van der Waals surface area contributed by atoms with Crippen molar-refractivity contribution in [1.82, 2.24) is 4.90 Å². The highest BCUT2D eigenvalue weighted by atomic mass is 15.2.